The van der Waals surface area contributed by atoms with Gasteiger partial charge < -0.3 is 9.97 Å². The number of rotatable bonds is 1. The van der Waals surface area contributed by atoms with Gasteiger partial charge in [0.15, 0.2) is 6.29 Å². The van der Waals surface area contributed by atoms with E-state index in [0.29, 0.717) is 10.7 Å². The number of fused-ring (bicyclic) bond motifs is 3. The molecule has 0 radical (unpaired) electrons. The number of H-pyrrole nitrogens is 2. The van der Waals surface area contributed by atoms with Gasteiger partial charge in [0.1, 0.15) is 0 Å². The Balaban J connectivity index is 2.50. The van der Waals surface area contributed by atoms with E-state index in [0.717, 1.165) is 28.2 Å². The van der Waals surface area contributed by atoms with Crippen LogP contribution >= 0.6 is 11.6 Å². The van der Waals surface area contributed by atoms with E-state index in [1.807, 2.05) is 18.2 Å². The lowest BCUT2D eigenvalue weighted by atomic mass is 10.2. The third kappa shape index (κ3) is 1.10. The fourth-order valence-corrected chi connectivity index (χ4v) is 2.07. The molecule has 0 atom stereocenters. The van der Waals surface area contributed by atoms with E-state index in [-0.39, 0.29) is 0 Å². The maximum Gasteiger partial charge on any atom is 0.166 e. The van der Waals surface area contributed by atoms with E-state index in [1.165, 1.54) is 0 Å². The summed E-state index contributed by atoms with van der Waals surface area (Å²) in [7, 11) is 0. The standard InChI is InChI=1S/C11H7ClN2O/c12-8-3-1-2-7-10(8)14-9-4-6(5-15)13-11(7)9/h1-5,13-14H. The first-order valence-electron chi connectivity index (χ1n) is 4.53. The quantitative estimate of drug-likeness (QED) is 0.606. The summed E-state index contributed by atoms with van der Waals surface area (Å²) in [4.78, 5) is 16.8. The molecule has 1 aromatic carbocycles. The molecule has 2 N–H and O–H groups in total. The highest BCUT2D eigenvalue weighted by atomic mass is 35.5. The first-order valence-corrected chi connectivity index (χ1v) is 4.91. The van der Waals surface area contributed by atoms with Crippen molar-refractivity contribution in [2.24, 2.45) is 0 Å². The van der Waals surface area contributed by atoms with Crippen LogP contribution in [-0.2, 0) is 0 Å². The summed E-state index contributed by atoms with van der Waals surface area (Å²) in [5.41, 5.74) is 3.30. The van der Waals surface area contributed by atoms with Crippen LogP contribution in [0.4, 0.5) is 0 Å². The van der Waals surface area contributed by atoms with Crippen molar-refractivity contribution in [2.45, 2.75) is 0 Å². The van der Waals surface area contributed by atoms with Crippen molar-refractivity contribution in [1.82, 2.24) is 9.97 Å². The monoisotopic (exact) mass is 218 g/mol. The fraction of sp³-hybridized carbons (Fsp3) is 0. The molecule has 0 aliphatic heterocycles. The predicted molar refractivity (Wildman–Crippen MR) is 60.6 cm³/mol. The van der Waals surface area contributed by atoms with Gasteiger partial charge in [-0.3, -0.25) is 4.79 Å². The number of aromatic nitrogens is 2. The molecule has 0 saturated carbocycles. The fourth-order valence-electron chi connectivity index (χ4n) is 1.84. The van der Waals surface area contributed by atoms with Crippen molar-refractivity contribution < 1.29 is 4.79 Å². The Labute approximate surface area is 90.0 Å². The Morgan fingerprint density at radius 3 is 2.87 bits per heavy atom. The predicted octanol–water partition coefficient (Wildman–Crippen LogP) is 3.12. The van der Waals surface area contributed by atoms with Crippen molar-refractivity contribution in [3.05, 3.63) is 35.0 Å². The van der Waals surface area contributed by atoms with Gasteiger partial charge in [0, 0.05) is 5.39 Å². The molecule has 0 amide bonds. The average Bonchev–Trinajstić information content (AvgIpc) is 2.76. The number of aldehydes is 1. The Bertz CT molecular complexity index is 666. The van der Waals surface area contributed by atoms with Crippen LogP contribution in [0.15, 0.2) is 24.3 Å². The zero-order valence-corrected chi connectivity index (χ0v) is 8.43. The number of carbonyl (C=O) groups is 1. The van der Waals surface area contributed by atoms with Gasteiger partial charge in [0.2, 0.25) is 0 Å². The molecule has 0 spiro atoms. The highest BCUT2D eigenvalue weighted by Gasteiger charge is 2.09. The Morgan fingerprint density at radius 2 is 2.07 bits per heavy atom. The molecule has 0 unspecified atom stereocenters. The highest BCUT2D eigenvalue weighted by molar-refractivity contribution is 6.36. The zero-order chi connectivity index (χ0) is 10.4. The van der Waals surface area contributed by atoms with Gasteiger partial charge >= 0.3 is 0 Å². The summed E-state index contributed by atoms with van der Waals surface area (Å²) in [5, 5.41) is 1.69. The van der Waals surface area contributed by atoms with Crippen LogP contribution < -0.4 is 0 Å². The summed E-state index contributed by atoms with van der Waals surface area (Å²) >= 11 is 6.04. The maximum atomic E-state index is 10.6. The number of carbonyl (C=O) groups excluding carboxylic acids is 1. The smallest absolute Gasteiger partial charge is 0.166 e. The number of para-hydroxylation sites is 1. The highest BCUT2D eigenvalue weighted by Crippen LogP contribution is 2.29. The molecule has 0 aliphatic rings. The second-order valence-electron chi connectivity index (χ2n) is 3.42. The van der Waals surface area contributed by atoms with Crippen LogP contribution in [0.25, 0.3) is 21.9 Å². The minimum atomic E-state index is 0.568. The summed E-state index contributed by atoms with van der Waals surface area (Å²) in [6.45, 7) is 0. The second-order valence-corrected chi connectivity index (χ2v) is 3.83. The van der Waals surface area contributed by atoms with Gasteiger partial charge in [-0.05, 0) is 12.1 Å². The van der Waals surface area contributed by atoms with Crippen LogP contribution in [0, 0.1) is 0 Å². The molecule has 0 aliphatic carbocycles. The lowest BCUT2D eigenvalue weighted by Gasteiger charge is -1.92. The minimum Gasteiger partial charge on any atom is -0.352 e. The van der Waals surface area contributed by atoms with Crippen LogP contribution in [0.1, 0.15) is 10.5 Å². The number of halogens is 1. The number of nitrogens with one attached hydrogen (secondary N) is 2. The van der Waals surface area contributed by atoms with Gasteiger partial charge in [0.05, 0.1) is 27.3 Å². The van der Waals surface area contributed by atoms with E-state index < -0.39 is 0 Å². The van der Waals surface area contributed by atoms with E-state index in [1.54, 1.807) is 6.07 Å². The average molecular weight is 219 g/mol. The lowest BCUT2D eigenvalue weighted by molar-refractivity contribution is 0.112. The van der Waals surface area contributed by atoms with Crippen LogP contribution in [-0.4, -0.2) is 16.3 Å². The molecule has 74 valence electrons. The largest absolute Gasteiger partial charge is 0.352 e. The van der Waals surface area contributed by atoms with Gasteiger partial charge in [-0.1, -0.05) is 23.7 Å². The van der Waals surface area contributed by atoms with Gasteiger partial charge in [-0.15, -0.1) is 0 Å². The summed E-state index contributed by atoms with van der Waals surface area (Å²) in [6, 6.07) is 7.46. The molecular weight excluding hydrogens is 212 g/mol. The van der Waals surface area contributed by atoms with Crippen LogP contribution in [0.3, 0.4) is 0 Å². The topological polar surface area (TPSA) is 48.6 Å². The van der Waals surface area contributed by atoms with Crippen LogP contribution in [0.5, 0.6) is 0 Å². The SMILES string of the molecule is O=Cc1cc2[nH]c3c(Cl)cccc3c2[nH]1. The molecule has 0 fully saturated rings. The Hall–Kier alpha value is -1.74. The molecule has 3 rings (SSSR count). The summed E-state index contributed by atoms with van der Waals surface area (Å²) in [5.74, 6) is 0. The van der Waals surface area contributed by atoms with Crippen molar-refractivity contribution in [2.75, 3.05) is 0 Å². The van der Waals surface area contributed by atoms with E-state index in [4.69, 9.17) is 11.6 Å². The molecule has 3 nitrogen and oxygen atoms in total. The maximum absolute atomic E-state index is 10.6. The minimum absolute atomic E-state index is 0.568. The third-order valence-electron chi connectivity index (χ3n) is 2.51. The van der Waals surface area contributed by atoms with E-state index in [9.17, 15) is 4.79 Å². The molecule has 15 heavy (non-hydrogen) atoms. The van der Waals surface area contributed by atoms with Crippen molar-refractivity contribution in [1.29, 1.82) is 0 Å². The summed E-state index contributed by atoms with van der Waals surface area (Å²) in [6.07, 6.45) is 0.796. The molecule has 3 aromatic rings. The lowest BCUT2D eigenvalue weighted by Crippen LogP contribution is -1.77. The molecular formula is C11H7ClN2O. The number of benzene rings is 1. The first kappa shape index (κ1) is 8.56. The Morgan fingerprint density at radius 1 is 1.20 bits per heavy atom. The van der Waals surface area contributed by atoms with E-state index >= 15 is 0 Å². The number of hydrogen-bond acceptors (Lipinski definition) is 1. The number of hydrogen-bond donors (Lipinski definition) is 2. The summed E-state index contributed by atoms with van der Waals surface area (Å²) < 4.78 is 0. The second kappa shape index (κ2) is 2.87. The molecule has 2 heterocycles. The van der Waals surface area contributed by atoms with Crippen molar-refractivity contribution in [3.8, 4) is 0 Å². The van der Waals surface area contributed by atoms with E-state index in [2.05, 4.69) is 9.97 Å². The first-order chi connectivity index (χ1) is 7.29. The number of aromatic amines is 2. The van der Waals surface area contributed by atoms with Crippen molar-refractivity contribution in [3.63, 3.8) is 0 Å². The normalized spacial score (nSPS) is 11.3. The zero-order valence-electron chi connectivity index (χ0n) is 7.67. The third-order valence-corrected chi connectivity index (χ3v) is 2.82. The molecule has 4 heteroatoms. The van der Waals surface area contributed by atoms with Crippen molar-refractivity contribution >= 4 is 39.8 Å². The molecule has 0 bridgehead atoms. The molecule has 0 saturated heterocycles. The van der Waals surface area contributed by atoms with Gasteiger partial charge in [-0.25, -0.2) is 0 Å². The van der Waals surface area contributed by atoms with Gasteiger partial charge in [-0.2, -0.15) is 0 Å². The van der Waals surface area contributed by atoms with Crippen LogP contribution in [0.2, 0.25) is 5.02 Å². The van der Waals surface area contributed by atoms with Gasteiger partial charge in [0.25, 0.3) is 0 Å². The Kier molecular flexibility index (Phi) is 1.64. The molecule has 2 aromatic heterocycles.